The maximum atomic E-state index is 10.9. The van der Waals surface area contributed by atoms with E-state index in [-0.39, 0.29) is 5.75 Å². The summed E-state index contributed by atoms with van der Waals surface area (Å²) in [5.41, 5.74) is 0. The molecule has 0 amide bonds. The van der Waals surface area contributed by atoms with E-state index in [0.29, 0.717) is 6.54 Å². The molecule has 0 bridgehead atoms. The largest absolute Gasteiger partial charge is 0.315 e. The van der Waals surface area contributed by atoms with Crippen LogP contribution in [0.1, 0.15) is 26.2 Å². The number of likely N-dealkylation sites (N-methyl/N-ethyl adjacent to an activating group) is 1. The van der Waals surface area contributed by atoms with Crippen molar-refractivity contribution in [1.29, 1.82) is 0 Å². The van der Waals surface area contributed by atoms with E-state index < -0.39 is 9.84 Å². The number of unbranched alkanes of at least 4 members (excludes halogenated alkanes) is 2. The van der Waals surface area contributed by atoms with Crippen LogP contribution < -0.4 is 5.32 Å². The first-order chi connectivity index (χ1) is 7.45. The second-order valence-electron chi connectivity index (χ2n) is 4.39. The van der Waals surface area contributed by atoms with E-state index in [2.05, 4.69) is 12.2 Å². The van der Waals surface area contributed by atoms with Crippen molar-refractivity contribution in [3.63, 3.8) is 0 Å². The second kappa shape index (κ2) is 8.96. The highest BCUT2D eigenvalue weighted by Gasteiger charge is 2.04. The van der Waals surface area contributed by atoms with Crippen LogP contribution in [-0.4, -0.2) is 58.6 Å². The summed E-state index contributed by atoms with van der Waals surface area (Å²) < 4.78 is 21.9. The molecule has 0 aliphatic carbocycles. The van der Waals surface area contributed by atoms with Crippen molar-refractivity contribution in [2.45, 2.75) is 26.2 Å². The molecule has 0 spiro atoms. The smallest absolute Gasteiger partial charge is 0.148 e. The van der Waals surface area contributed by atoms with Gasteiger partial charge in [0.1, 0.15) is 9.84 Å². The molecule has 0 aromatic heterocycles. The SMILES string of the molecule is CCCCCNCCN(C)CCS(C)(=O)=O. The average Bonchev–Trinajstić information content (AvgIpc) is 2.19. The highest BCUT2D eigenvalue weighted by atomic mass is 32.2. The Morgan fingerprint density at radius 2 is 1.81 bits per heavy atom. The third-order valence-corrected chi connectivity index (χ3v) is 3.40. The van der Waals surface area contributed by atoms with Crippen LogP contribution in [0.25, 0.3) is 0 Å². The predicted octanol–water partition coefficient (Wildman–Crippen LogP) is 0.743. The Labute approximate surface area is 100 Å². The first-order valence-electron chi connectivity index (χ1n) is 6.02. The Morgan fingerprint density at radius 1 is 1.12 bits per heavy atom. The molecule has 0 saturated carbocycles. The van der Waals surface area contributed by atoms with Crippen LogP contribution in [0.5, 0.6) is 0 Å². The molecule has 0 radical (unpaired) electrons. The van der Waals surface area contributed by atoms with Gasteiger partial charge in [-0.15, -0.1) is 0 Å². The highest BCUT2D eigenvalue weighted by Crippen LogP contribution is 1.91. The molecule has 0 atom stereocenters. The number of sulfone groups is 1. The van der Waals surface area contributed by atoms with Gasteiger partial charge in [-0.25, -0.2) is 8.42 Å². The van der Waals surface area contributed by atoms with Gasteiger partial charge in [0.25, 0.3) is 0 Å². The van der Waals surface area contributed by atoms with Gasteiger partial charge in [-0.05, 0) is 20.0 Å². The van der Waals surface area contributed by atoms with E-state index in [1.807, 2.05) is 11.9 Å². The lowest BCUT2D eigenvalue weighted by atomic mass is 10.2. The molecule has 0 rings (SSSR count). The van der Waals surface area contributed by atoms with Gasteiger partial charge in [-0.2, -0.15) is 0 Å². The molecule has 98 valence electrons. The lowest BCUT2D eigenvalue weighted by Crippen LogP contribution is -2.32. The molecule has 0 fully saturated rings. The standard InChI is InChI=1S/C11H26N2O2S/c1-4-5-6-7-12-8-9-13(2)10-11-16(3,14)15/h12H,4-11H2,1-3H3. The van der Waals surface area contributed by atoms with E-state index in [9.17, 15) is 8.42 Å². The average molecular weight is 250 g/mol. The van der Waals surface area contributed by atoms with Gasteiger partial charge >= 0.3 is 0 Å². The Balaban J connectivity index is 3.34. The fraction of sp³-hybridized carbons (Fsp3) is 1.00. The van der Waals surface area contributed by atoms with E-state index in [4.69, 9.17) is 0 Å². The minimum absolute atomic E-state index is 0.249. The summed E-state index contributed by atoms with van der Waals surface area (Å²) in [4.78, 5) is 2.05. The Kier molecular flexibility index (Phi) is 8.89. The zero-order valence-electron chi connectivity index (χ0n) is 10.8. The van der Waals surface area contributed by atoms with Crippen molar-refractivity contribution in [2.75, 3.05) is 45.2 Å². The maximum absolute atomic E-state index is 10.9. The van der Waals surface area contributed by atoms with Crippen molar-refractivity contribution >= 4 is 9.84 Å². The summed E-state index contributed by atoms with van der Waals surface area (Å²) in [7, 11) is -0.867. The summed E-state index contributed by atoms with van der Waals surface area (Å²) in [6, 6.07) is 0. The fourth-order valence-electron chi connectivity index (χ4n) is 1.33. The van der Waals surface area contributed by atoms with Gasteiger partial charge < -0.3 is 10.2 Å². The fourth-order valence-corrected chi connectivity index (χ4v) is 1.97. The van der Waals surface area contributed by atoms with Crippen LogP contribution in [0.3, 0.4) is 0 Å². The molecule has 0 aliphatic heterocycles. The van der Waals surface area contributed by atoms with Crippen molar-refractivity contribution in [1.82, 2.24) is 10.2 Å². The number of hydrogen-bond donors (Lipinski definition) is 1. The molecule has 0 heterocycles. The molecule has 16 heavy (non-hydrogen) atoms. The second-order valence-corrected chi connectivity index (χ2v) is 6.65. The molecule has 0 aliphatic rings. The summed E-state index contributed by atoms with van der Waals surface area (Å²) in [6.07, 6.45) is 5.03. The van der Waals surface area contributed by atoms with Crippen molar-refractivity contribution in [3.8, 4) is 0 Å². The topological polar surface area (TPSA) is 49.4 Å². The van der Waals surface area contributed by atoms with Crippen LogP contribution in [0.15, 0.2) is 0 Å². The van der Waals surface area contributed by atoms with Gasteiger partial charge in [0, 0.05) is 25.9 Å². The van der Waals surface area contributed by atoms with Gasteiger partial charge in [0.05, 0.1) is 5.75 Å². The van der Waals surface area contributed by atoms with Gasteiger partial charge in [0.2, 0.25) is 0 Å². The highest BCUT2D eigenvalue weighted by molar-refractivity contribution is 7.90. The number of hydrogen-bond acceptors (Lipinski definition) is 4. The van der Waals surface area contributed by atoms with Crippen LogP contribution >= 0.6 is 0 Å². The summed E-state index contributed by atoms with van der Waals surface area (Å²) in [5, 5.41) is 3.36. The Hall–Kier alpha value is -0.130. The monoisotopic (exact) mass is 250 g/mol. The Morgan fingerprint density at radius 3 is 2.38 bits per heavy atom. The molecule has 0 aromatic carbocycles. The number of nitrogens with zero attached hydrogens (tertiary/aromatic N) is 1. The molecule has 0 saturated heterocycles. The summed E-state index contributed by atoms with van der Waals surface area (Å²) >= 11 is 0. The number of rotatable bonds is 10. The molecular weight excluding hydrogens is 224 g/mol. The third kappa shape index (κ3) is 11.9. The molecular formula is C11H26N2O2S. The lowest BCUT2D eigenvalue weighted by Gasteiger charge is -2.16. The molecule has 1 N–H and O–H groups in total. The van der Waals surface area contributed by atoms with E-state index >= 15 is 0 Å². The Bertz CT molecular complexity index is 253. The predicted molar refractivity (Wildman–Crippen MR) is 69.6 cm³/mol. The van der Waals surface area contributed by atoms with Gasteiger partial charge in [-0.3, -0.25) is 0 Å². The quantitative estimate of drug-likeness (QED) is 0.581. The van der Waals surface area contributed by atoms with Crippen LogP contribution in [-0.2, 0) is 9.84 Å². The zero-order valence-corrected chi connectivity index (χ0v) is 11.6. The van der Waals surface area contributed by atoms with E-state index in [1.54, 1.807) is 0 Å². The minimum atomic E-state index is -2.82. The number of nitrogens with one attached hydrogen (secondary N) is 1. The minimum Gasteiger partial charge on any atom is -0.315 e. The first-order valence-corrected chi connectivity index (χ1v) is 8.08. The molecule has 4 nitrogen and oxygen atoms in total. The first kappa shape index (κ1) is 15.9. The van der Waals surface area contributed by atoms with Crippen LogP contribution in [0.2, 0.25) is 0 Å². The molecule has 0 unspecified atom stereocenters. The third-order valence-electron chi connectivity index (χ3n) is 2.47. The van der Waals surface area contributed by atoms with E-state index in [1.165, 1.54) is 25.5 Å². The summed E-state index contributed by atoms with van der Waals surface area (Å²) in [5.74, 6) is 0.249. The van der Waals surface area contributed by atoms with Crippen molar-refractivity contribution in [2.24, 2.45) is 0 Å². The van der Waals surface area contributed by atoms with Gasteiger partial charge in [-0.1, -0.05) is 19.8 Å². The van der Waals surface area contributed by atoms with Crippen LogP contribution in [0, 0.1) is 0 Å². The van der Waals surface area contributed by atoms with Crippen molar-refractivity contribution < 1.29 is 8.42 Å². The van der Waals surface area contributed by atoms with Crippen LogP contribution in [0.4, 0.5) is 0 Å². The lowest BCUT2D eigenvalue weighted by molar-refractivity contribution is 0.349. The molecule has 5 heteroatoms. The van der Waals surface area contributed by atoms with E-state index in [0.717, 1.165) is 19.6 Å². The van der Waals surface area contributed by atoms with Gasteiger partial charge in [0.15, 0.2) is 0 Å². The molecule has 0 aromatic rings. The normalized spacial score (nSPS) is 12.2. The zero-order chi connectivity index (χ0) is 12.4. The summed E-state index contributed by atoms with van der Waals surface area (Å²) in [6.45, 7) is 5.72. The van der Waals surface area contributed by atoms with Crippen molar-refractivity contribution in [3.05, 3.63) is 0 Å². The maximum Gasteiger partial charge on any atom is 0.148 e.